The van der Waals surface area contributed by atoms with E-state index < -0.39 is 0 Å². The first-order valence-electron chi connectivity index (χ1n) is 5.77. The van der Waals surface area contributed by atoms with Gasteiger partial charge < -0.3 is 5.32 Å². The molecule has 2 heterocycles. The lowest BCUT2D eigenvalue weighted by Crippen LogP contribution is -2.13. The molecule has 0 atom stereocenters. The zero-order valence-corrected chi connectivity index (χ0v) is 11.4. The molecule has 0 fully saturated rings. The highest BCUT2D eigenvalue weighted by molar-refractivity contribution is 7.08. The number of carbonyl (C=O) groups excluding carboxylic acids is 1. The van der Waals surface area contributed by atoms with E-state index in [1.807, 2.05) is 20.8 Å². The minimum absolute atomic E-state index is 0.166. The summed E-state index contributed by atoms with van der Waals surface area (Å²) in [7, 11) is 0. The van der Waals surface area contributed by atoms with Gasteiger partial charge in [-0.05, 0) is 31.8 Å². The van der Waals surface area contributed by atoms with Crippen LogP contribution in [0.2, 0.25) is 0 Å². The molecule has 0 saturated carbocycles. The first-order valence-corrected chi connectivity index (χ1v) is 6.55. The van der Waals surface area contributed by atoms with Crippen LogP contribution in [-0.4, -0.2) is 25.7 Å². The van der Waals surface area contributed by atoms with Gasteiger partial charge in [0.2, 0.25) is 0 Å². The maximum Gasteiger partial charge on any atom is 0.269 e. The SMILES string of the molecule is CCCc1nnsc1C(=O)Nc1c(C)n[nH]c1C. The standard InChI is InChI=1S/C11H15N5OS/c1-4-5-8-10(18-16-15-8)11(17)12-9-6(2)13-14-7(9)3/h4-5H2,1-3H3,(H,12,17)(H,13,14). The fourth-order valence-electron chi connectivity index (χ4n) is 1.69. The van der Waals surface area contributed by atoms with Crippen molar-refractivity contribution in [1.29, 1.82) is 0 Å². The minimum atomic E-state index is -0.166. The Labute approximate surface area is 109 Å². The molecule has 1 amide bonds. The quantitative estimate of drug-likeness (QED) is 0.886. The van der Waals surface area contributed by atoms with E-state index in [1.54, 1.807) is 0 Å². The summed E-state index contributed by atoms with van der Waals surface area (Å²) >= 11 is 1.13. The molecule has 2 rings (SSSR count). The van der Waals surface area contributed by atoms with Gasteiger partial charge in [0.05, 0.1) is 22.8 Å². The number of nitrogens with one attached hydrogen (secondary N) is 2. The van der Waals surface area contributed by atoms with Crippen LogP contribution in [0.25, 0.3) is 0 Å². The molecule has 0 bridgehead atoms. The number of rotatable bonds is 4. The molecular weight excluding hydrogens is 250 g/mol. The smallest absolute Gasteiger partial charge is 0.269 e. The maximum absolute atomic E-state index is 12.2. The van der Waals surface area contributed by atoms with Crippen molar-refractivity contribution in [3.63, 3.8) is 0 Å². The number of nitrogens with zero attached hydrogens (tertiary/aromatic N) is 3. The highest BCUT2D eigenvalue weighted by Gasteiger charge is 2.18. The highest BCUT2D eigenvalue weighted by atomic mass is 32.1. The molecular formula is C11H15N5OS. The zero-order chi connectivity index (χ0) is 13.1. The van der Waals surface area contributed by atoms with Crippen molar-refractivity contribution in [2.75, 3.05) is 5.32 Å². The Morgan fingerprint density at radius 1 is 1.44 bits per heavy atom. The molecule has 96 valence electrons. The van der Waals surface area contributed by atoms with Crippen LogP contribution in [-0.2, 0) is 6.42 Å². The molecule has 0 aliphatic rings. The lowest BCUT2D eigenvalue weighted by atomic mass is 10.2. The Morgan fingerprint density at radius 2 is 2.22 bits per heavy atom. The molecule has 0 radical (unpaired) electrons. The normalized spacial score (nSPS) is 10.6. The van der Waals surface area contributed by atoms with Gasteiger partial charge in [0.15, 0.2) is 0 Å². The van der Waals surface area contributed by atoms with E-state index in [-0.39, 0.29) is 5.91 Å². The number of aromatic amines is 1. The van der Waals surface area contributed by atoms with E-state index in [1.165, 1.54) is 0 Å². The molecule has 2 N–H and O–H groups in total. The minimum Gasteiger partial charge on any atom is -0.318 e. The fourth-order valence-corrected chi connectivity index (χ4v) is 2.29. The number of carbonyl (C=O) groups is 1. The highest BCUT2D eigenvalue weighted by Crippen LogP contribution is 2.19. The monoisotopic (exact) mass is 265 g/mol. The van der Waals surface area contributed by atoms with E-state index >= 15 is 0 Å². The Kier molecular flexibility index (Phi) is 3.71. The topological polar surface area (TPSA) is 83.6 Å². The summed E-state index contributed by atoms with van der Waals surface area (Å²) in [5.74, 6) is -0.166. The van der Waals surface area contributed by atoms with E-state index in [0.29, 0.717) is 4.88 Å². The van der Waals surface area contributed by atoms with Crippen LogP contribution in [0.5, 0.6) is 0 Å². The predicted octanol–water partition coefficient (Wildman–Crippen LogP) is 2.08. The number of H-pyrrole nitrogens is 1. The van der Waals surface area contributed by atoms with Gasteiger partial charge in [0.1, 0.15) is 4.88 Å². The van der Waals surface area contributed by atoms with Gasteiger partial charge >= 0.3 is 0 Å². The third-order valence-electron chi connectivity index (χ3n) is 2.62. The summed E-state index contributed by atoms with van der Waals surface area (Å²) in [6.45, 7) is 5.76. The second-order valence-corrected chi connectivity index (χ2v) is 4.82. The molecule has 18 heavy (non-hydrogen) atoms. The first-order chi connectivity index (χ1) is 8.63. The second kappa shape index (κ2) is 5.26. The van der Waals surface area contributed by atoms with Crippen LogP contribution >= 0.6 is 11.5 Å². The van der Waals surface area contributed by atoms with Crippen LogP contribution in [0.15, 0.2) is 0 Å². The van der Waals surface area contributed by atoms with Gasteiger partial charge in [-0.1, -0.05) is 17.8 Å². The largest absolute Gasteiger partial charge is 0.318 e. The van der Waals surface area contributed by atoms with Gasteiger partial charge in [-0.15, -0.1) is 5.10 Å². The summed E-state index contributed by atoms with van der Waals surface area (Å²) in [6.07, 6.45) is 1.71. The van der Waals surface area contributed by atoms with Crippen molar-refractivity contribution < 1.29 is 4.79 Å². The van der Waals surface area contributed by atoms with Crippen LogP contribution in [0.3, 0.4) is 0 Å². The molecule has 0 aromatic carbocycles. The van der Waals surface area contributed by atoms with Crippen LogP contribution in [0, 0.1) is 13.8 Å². The maximum atomic E-state index is 12.2. The van der Waals surface area contributed by atoms with E-state index in [2.05, 4.69) is 25.1 Å². The number of anilines is 1. The summed E-state index contributed by atoms with van der Waals surface area (Å²) in [5, 5.41) is 13.7. The van der Waals surface area contributed by atoms with Crippen LogP contribution in [0.1, 0.15) is 40.1 Å². The Morgan fingerprint density at radius 3 is 2.83 bits per heavy atom. The van der Waals surface area contributed by atoms with Crippen molar-refractivity contribution in [1.82, 2.24) is 19.8 Å². The molecule has 0 saturated heterocycles. The molecule has 0 unspecified atom stereocenters. The lowest BCUT2D eigenvalue weighted by molar-refractivity contribution is 0.102. The van der Waals surface area contributed by atoms with Gasteiger partial charge in [-0.3, -0.25) is 9.89 Å². The molecule has 2 aromatic heterocycles. The third kappa shape index (κ3) is 2.40. The molecule has 7 heteroatoms. The Bertz CT molecular complexity index is 540. The van der Waals surface area contributed by atoms with Crippen molar-refractivity contribution >= 4 is 23.1 Å². The van der Waals surface area contributed by atoms with Crippen LogP contribution < -0.4 is 5.32 Å². The molecule has 0 spiro atoms. The average molecular weight is 265 g/mol. The average Bonchev–Trinajstić information content (AvgIpc) is 2.91. The first kappa shape index (κ1) is 12.7. The number of hydrogen-bond acceptors (Lipinski definition) is 5. The molecule has 2 aromatic rings. The summed E-state index contributed by atoms with van der Waals surface area (Å²) in [5.41, 5.74) is 3.11. The van der Waals surface area contributed by atoms with Gasteiger partial charge in [-0.2, -0.15) is 5.10 Å². The lowest BCUT2D eigenvalue weighted by Gasteiger charge is -2.04. The van der Waals surface area contributed by atoms with Crippen LogP contribution in [0.4, 0.5) is 5.69 Å². The van der Waals surface area contributed by atoms with Gasteiger partial charge in [-0.25, -0.2) is 0 Å². The Hall–Kier alpha value is -1.76. The van der Waals surface area contributed by atoms with E-state index in [9.17, 15) is 4.79 Å². The summed E-state index contributed by atoms with van der Waals surface area (Å²) in [4.78, 5) is 12.7. The summed E-state index contributed by atoms with van der Waals surface area (Å²) < 4.78 is 3.84. The van der Waals surface area contributed by atoms with E-state index in [0.717, 1.165) is 47.1 Å². The molecule has 6 nitrogen and oxygen atoms in total. The second-order valence-electron chi connectivity index (χ2n) is 4.06. The third-order valence-corrected chi connectivity index (χ3v) is 3.38. The van der Waals surface area contributed by atoms with Crippen molar-refractivity contribution in [3.8, 4) is 0 Å². The molecule has 0 aliphatic heterocycles. The number of aryl methyl sites for hydroxylation is 3. The van der Waals surface area contributed by atoms with Crippen molar-refractivity contribution in [2.24, 2.45) is 0 Å². The number of amides is 1. The van der Waals surface area contributed by atoms with E-state index in [4.69, 9.17) is 0 Å². The number of hydrogen-bond donors (Lipinski definition) is 2. The van der Waals surface area contributed by atoms with Crippen molar-refractivity contribution in [3.05, 3.63) is 22.0 Å². The van der Waals surface area contributed by atoms with Gasteiger partial charge in [0.25, 0.3) is 5.91 Å². The zero-order valence-electron chi connectivity index (χ0n) is 10.6. The Balaban J connectivity index is 2.20. The summed E-state index contributed by atoms with van der Waals surface area (Å²) in [6, 6.07) is 0. The predicted molar refractivity (Wildman–Crippen MR) is 69.9 cm³/mol. The van der Waals surface area contributed by atoms with Crippen molar-refractivity contribution in [2.45, 2.75) is 33.6 Å². The fraction of sp³-hybridized carbons (Fsp3) is 0.455. The van der Waals surface area contributed by atoms with Gasteiger partial charge in [0, 0.05) is 0 Å². The molecule has 0 aliphatic carbocycles. The number of aromatic nitrogens is 4.